The summed E-state index contributed by atoms with van der Waals surface area (Å²) in [6, 6.07) is 7.55. The molecule has 0 bridgehead atoms. The summed E-state index contributed by atoms with van der Waals surface area (Å²) in [5.41, 5.74) is 0.913. The Labute approximate surface area is 117 Å². The number of rotatable bonds is 6. The third-order valence-corrected chi connectivity index (χ3v) is 3.52. The Morgan fingerprint density at radius 2 is 2.06 bits per heavy atom. The summed E-state index contributed by atoms with van der Waals surface area (Å²) in [7, 11) is 0. The molecule has 2 atom stereocenters. The van der Waals surface area contributed by atoms with Gasteiger partial charge in [-0.05, 0) is 31.9 Å². The predicted octanol–water partition coefficient (Wildman–Crippen LogP) is 3.44. The van der Waals surface area contributed by atoms with Gasteiger partial charge >= 0.3 is 5.97 Å². The van der Waals surface area contributed by atoms with Gasteiger partial charge in [0.15, 0.2) is 0 Å². The lowest BCUT2D eigenvalue weighted by atomic mass is 10.1. The van der Waals surface area contributed by atoms with Crippen LogP contribution in [0.5, 0.6) is 0 Å². The first-order valence-corrected chi connectivity index (χ1v) is 7.06. The van der Waals surface area contributed by atoms with Gasteiger partial charge in [0.25, 0.3) is 0 Å². The average molecular weight is 314 g/mol. The maximum absolute atomic E-state index is 12.0. The third-order valence-electron chi connectivity index (χ3n) is 2.80. The standard InChI is InChI=1S/C14H20BrNO2/c1-4-10(3)16-13(14(17)18-5-2)11-8-6-7-9-12(11)15/h6-10,13,16H,4-5H2,1-3H3. The van der Waals surface area contributed by atoms with E-state index in [0.717, 1.165) is 16.5 Å². The Kier molecular flexibility index (Phi) is 6.36. The zero-order valence-electron chi connectivity index (χ0n) is 11.1. The van der Waals surface area contributed by atoms with Gasteiger partial charge in [0.05, 0.1) is 6.61 Å². The SMILES string of the molecule is CCOC(=O)C(NC(C)CC)c1ccccc1Br. The molecule has 1 N–H and O–H groups in total. The number of ether oxygens (including phenoxy) is 1. The van der Waals surface area contributed by atoms with Crippen molar-refractivity contribution in [2.45, 2.75) is 39.3 Å². The Bertz CT molecular complexity index is 395. The molecule has 0 aliphatic carbocycles. The van der Waals surface area contributed by atoms with Crippen LogP contribution >= 0.6 is 15.9 Å². The Balaban J connectivity index is 2.96. The summed E-state index contributed by atoms with van der Waals surface area (Å²) >= 11 is 3.48. The molecule has 4 heteroatoms. The van der Waals surface area contributed by atoms with Crippen molar-refractivity contribution < 1.29 is 9.53 Å². The predicted molar refractivity (Wildman–Crippen MR) is 76.4 cm³/mol. The van der Waals surface area contributed by atoms with E-state index in [1.54, 1.807) is 0 Å². The van der Waals surface area contributed by atoms with Crippen molar-refractivity contribution in [1.29, 1.82) is 0 Å². The van der Waals surface area contributed by atoms with Gasteiger partial charge in [-0.25, -0.2) is 4.79 Å². The number of esters is 1. The van der Waals surface area contributed by atoms with Crippen molar-refractivity contribution in [2.24, 2.45) is 0 Å². The fourth-order valence-corrected chi connectivity index (χ4v) is 2.14. The number of halogens is 1. The molecule has 0 saturated heterocycles. The van der Waals surface area contributed by atoms with Gasteiger partial charge in [0, 0.05) is 10.5 Å². The van der Waals surface area contributed by atoms with Gasteiger partial charge in [-0.15, -0.1) is 0 Å². The molecule has 0 heterocycles. The highest BCUT2D eigenvalue weighted by atomic mass is 79.9. The number of hydrogen-bond acceptors (Lipinski definition) is 3. The second-order valence-electron chi connectivity index (χ2n) is 4.18. The highest BCUT2D eigenvalue weighted by Crippen LogP contribution is 2.24. The van der Waals surface area contributed by atoms with Crippen LogP contribution in [0.25, 0.3) is 0 Å². The molecule has 0 aromatic heterocycles. The fraction of sp³-hybridized carbons (Fsp3) is 0.500. The molecule has 0 saturated carbocycles. The molecule has 0 aliphatic rings. The smallest absolute Gasteiger partial charge is 0.327 e. The van der Waals surface area contributed by atoms with Crippen molar-refractivity contribution in [3.05, 3.63) is 34.3 Å². The molecule has 0 radical (unpaired) electrons. The van der Waals surface area contributed by atoms with Crippen LogP contribution in [0.15, 0.2) is 28.7 Å². The normalized spacial score (nSPS) is 14.0. The summed E-state index contributed by atoms with van der Waals surface area (Å²) in [5.74, 6) is -0.232. The van der Waals surface area contributed by atoms with Crippen LogP contribution in [0.1, 0.15) is 38.8 Å². The lowest BCUT2D eigenvalue weighted by Gasteiger charge is -2.22. The van der Waals surface area contributed by atoms with E-state index in [4.69, 9.17) is 4.74 Å². The minimum absolute atomic E-state index is 0.232. The first kappa shape index (κ1) is 15.2. The third kappa shape index (κ3) is 4.10. The van der Waals surface area contributed by atoms with Gasteiger partial charge in [-0.1, -0.05) is 41.1 Å². The minimum atomic E-state index is -0.421. The Morgan fingerprint density at radius 1 is 1.39 bits per heavy atom. The molecule has 0 spiro atoms. The molecule has 18 heavy (non-hydrogen) atoms. The van der Waals surface area contributed by atoms with Gasteiger partial charge < -0.3 is 4.74 Å². The highest BCUT2D eigenvalue weighted by molar-refractivity contribution is 9.10. The molecule has 2 unspecified atom stereocenters. The van der Waals surface area contributed by atoms with E-state index in [1.807, 2.05) is 31.2 Å². The van der Waals surface area contributed by atoms with Gasteiger partial charge in [-0.2, -0.15) is 0 Å². The van der Waals surface area contributed by atoms with E-state index < -0.39 is 6.04 Å². The Morgan fingerprint density at radius 3 is 2.61 bits per heavy atom. The number of benzene rings is 1. The number of nitrogens with one attached hydrogen (secondary N) is 1. The average Bonchev–Trinajstić information content (AvgIpc) is 2.37. The second-order valence-corrected chi connectivity index (χ2v) is 5.04. The van der Waals surface area contributed by atoms with Crippen molar-refractivity contribution in [3.8, 4) is 0 Å². The van der Waals surface area contributed by atoms with Crippen LogP contribution in [0.2, 0.25) is 0 Å². The van der Waals surface area contributed by atoms with Crippen LogP contribution in [-0.2, 0) is 9.53 Å². The second kappa shape index (κ2) is 7.54. The molecule has 0 fully saturated rings. The van der Waals surface area contributed by atoms with Crippen molar-refractivity contribution >= 4 is 21.9 Å². The van der Waals surface area contributed by atoms with Gasteiger partial charge in [0.2, 0.25) is 0 Å². The monoisotopic (exact) mass is 313 g/mol. The van der Waals surface area contributed by atoms with Gasteiger partial charge in [-0.3, -0.25) is 5.32 Å². The van der Waals surface area contributed by atoms with E-state index in [9.17, 15) is 4.79 Å². The lowest BCUT2D eigenvalue weighted by Crippen LogP contribution is -2.36. The highest BCUT2D eigenvalue weighted by Gasteiger charge is 2.24. The molecule has 0 aliphatic heterocycles. The molecule has 1 aromatic carbocycles. The largest absolute Gasteiger partial charge is 0.465 e. The topological polar surface area (TPSA) is 38.3 Å². The van der Waals surface area contributed by atoms with Crippen molar-refractivity contribution in [2.75, 3.05) is 6.61 Å². The van der Waals surface area contributed by atoms with E-state index in [-0.39, 0.29) is 12.0 Å². The lowest BCUT2D eigenvalue weighted by molar-refractivity contribution is -0.146. The zero-order chi connectivity index (χ0) is 13.5. The molecule has 0 amide bonds. The van der Waals surface area contributed by atoms with E-state index in [1.165, 1.54) is 0 Å². The molecule has 3 nitrogen and oxygen atoms in total. The van der Waals surface area contributed by atoms with E-state index in [2.05, 4.69) is 35.1 Å². The maximum atomic E-state index is 12.0. The minimum Gasteiger partial charge on any atom is -0.465 e. The summed E-state index contributed by atoms with van der Waals surface area (Å²) in [6.07, 6.45) is 0.959. The summed E-state index contributed by atoms with van der Waals surface area (Å²) in [6.45, 7) is 6.35. The molecular formula is C14H20BrNO2. The molecular weight excluding hydrogens is 294 g/mol. The summed E-state index contributed by atoms with van der Waals surface area (Å²) in [4.78, 5) is 12.0. The molecule has 1 aromatic rings. The van der Waals surface area contributed by atoms with Crippen LogP contribution in [-0.4, -0.2) is 18.6 Å². The van der Waals surface area contributed by atoms with Crippen molar-refractivity contribution in [3.63, 3.8) is 0 Å². The number of carbonyl (C=O) groups is 1. The first-order valence-electron chi connectivity index (χ1n) is 6.27. The Hall–Kier alpha value is -0.870. The van der Waals surface area contributed by atoms with Crippen LogP contribution in [0, 0.1) is 0 Å². The van der Waals surface area contributed by atoms with Crippen molar-refractivity contribution in [1.82, 2.24) is 5.32 Å². The quantitative estimate of drug-likeness (QED) is 0.818. The maximum Gasteiger partial charge on any atom is 0.327 e. The zero-order valence-corrected chi connectivity index (χ0v) is 12.7. The van der Waals surface area contributed by atoms with Gasteiger partial charge in [0.1, 0.15) is 6.04 Å². The van der Waals surface area contributed by atoms with Crippen LogP contribution < -0.4 is 5.32 Å². The summed E-state index contributed by atoms with van der Waals surface area (Å²) < 4.78 is 6.05. The van der Waals surface area contributed by atoms with Crippen LogP contribution in [0.4, 0.5) is 0 Å². The summed E-state index contributed by atoms with van der Waals surface area (Å²) in [5, 5.41) is 3.30. The number of carbonyl (C=O) groups excluding carboxylic acids is 1. The first-order chi connectivity index (χ1) is 8.60. The molecule has 100 valence electrons. The van der Waals surface area contributed by atoms with E-state index in [0.29, 0.717) is 6.61 Å². The molecule has 1 rings (SSSR count). The number of hydrogen-bond donors (Lipinski definition) is 1. The van der Waals surface area contributed by atoms with E-state index >= 15 is 0 Å². The van der Waals surface area contributed by atoms with Crippen LogP contribution in [0.3, 0.4) is 0 Å². The fourth-order valence-electron chi connectivity index (χ4n) is 1.62.